The van der Waals surface area contributed by atoms with Gasteiger partial charge in [-0.2, -0.15) is 13.2 Å². The summed E-state index contributed by atoms with van der Waals surface area (Å²) in [6.45, 7) is 1.48. The number of nitrogens with one attached hydrogen (secondary N) is 2. The molecule has 1 amide bonds. The molecule has 1 saturated heterocycles. The van der Waals surface area contributed by atoms with Crippen molar-refractivity contribution in [2.45, 2.75) is 38.2 Å². The zero-order chi connectivity index (χ0) is 23.1. The van der Waals surface area contributed by atoms with Crippen molar-refractivity contribution in [2.24, 2.45) is 4.99 Å². The minimum atomic E-state index is -4.35. The minimum absolute atomic E-state index is 0. The molecule has 1 atom stereocenters. The fourth-order valence-electron chi connectivity index (χ4n) is 3.48. The fourth-order valence-corrected chi connectivity index (χ4v) is 3.48. The maximum atomic E-state index is 12.7. The highest BCUT2D eigenvalue weighted by Crippen LogP contribution is 2.29. The molecule has 0 radical (unpaired) electrons. The maximum absolute atomic E-state index is 12.7. The monoisotopic (exact) mass is 576 g/mol. The maximum Gasteiger partial charge on any atom is 0.416 e. The van der Waals surface area contributed by atoms with Gasteiger partial charge in [0.15, 0.2) is 5.96 Å². The van der Waals surface area contributed by atoms with Gasteiger partial charge in [-0.05, 0) is 48.2 Å². The lowest BCUT2D eigenvalue weighted by Crippen LogP contribution is -2.38. The number of benzene rings is 2. The lowest BCUT2D eigenvalue weighted by atomic mass is 10.1. The lowest BCUT2D eigenvalue weighted by molar-refractivity contribution is -0.137. The number of carbonyl (C=O) groups excluding carboxylic acids is 1. The normalized spacial score (nSPS) is 16.2. The van der Waals surface area contributed by atoms with Gasteiger partial charge in [0.2, 0.25) is 0 Å². The van der Waals surface area contributed by atoms with E-state index in [1.807, 2.05) is 36.2 Å². The number of halogens is 4. The van der Waals surface area contributed by atoms with E-state index in [-0.39, 0.29) is 29.9 Å². The summed E-state index contributed by atoms with van der Waals surface area (Å²) >= 11 is 0. The number of hydrogen-bond donors (Lipinski definition) is 2. The molecule has 3 rings (SSSR count). The van der Waals surface area contributed by atoms with Crippen LogP contribution in [0.25, 0.3) is 0 Å². The van der Waals surface area contributed by atoms with E-state index in [9.17, 15) is 18.0 Å². The van der Waals surface area contributed by atoms with Gasteiger partial charge in [0.25, 0.3) is 5.91 Å². The Hall–Kier alpha value is -2.34. The third-order valence-electron chi connectivity index (χ3n) is 5.14. The Morgan fingerprint density at radius 3 is 2.52 bits per heavy atom. The topological polar surface area (TPSA) is 66.0 Å². The number of ether oxygens (including phenoxy) is 1. The fraction of sp³-hybridized carbons (Fsp3) is 0.391. The van der Waals surface area contributed by atoms with Crippen LogP contribution >= 0.6 is 24.0 Å². The second-order valence-corrected chi connectivity index (χ2v) is 7.64. The first-order chi connectivity index (χ1) is 15.3. The molecule has 1 aliphatic rings. The van der Waals surface area contributed by atoms with Gasteiger partial charge >= 0.3 is 6.18 Å². The molecule has 2 aromatic rings. The quantitative estimate of drug-likeness (QED) is 0.299. The zero-order valence-corrected chi connectivity index (χ0v) is 20.8. The zero-order valence-electron chi connectivity index (χ0n) is 18.5. The number of amides is 1. The van der Waals surface area contributed by atoms with E-state index in [0.717, 1.165) is 36.1 Å². The molecule has 33 heavy (non-hydrogen) atoms. The van der Waals surface area contributed by atoms with E-state index in [2.05, 4.69) is 15.6 Å². The first kappa shape index (κ1) is 26.9. The Bertz CT molecular complexity index is 945. The van der Waals surface area contributed by atoms with Crippen molar-refractivity contribution in [1.82, 2.24) is 10.2 Å². The largest absolute Gasteiger partial charge is 0.416 e. The van der Waals surface area contributed by atoms with Crippen LogP contribution in [-0.2, 0) is 28.8 Å². The Labute approximate surface area is 208 Å². The molecule has 1 unspecified atom stereocenters. The standard InChI is InChI=1S/C23H27F3N4O2.HI/c1-27-22(30(2)15-16-8-10-18(11-9-16)23(24,25)26)28-14-17-5-3-6-19(13-17)29-21(31)20-7-4-12-32-20;/h3,5-6,8-11,13,20H,4,7,12,14-15H2,1-2H3,(H,27,28)(H,29,31);1H. The molecule has 180 valence electrons. The van der Waals surface area contributed by atoms with E-state index in [1.165, 1.54) is 12.1 Å². The van der Waals surface area contributed by atoms with Gasteiger partial charge in [-0.15, -0.1) is 24.0 Å². The van der Waals surface area contributed by atoms with Gasteiger partial charge in [0.1, 0.15) is 6.10 Å². The molecule has 0 aromatic heterocycles. The number of carbonyl (C=O) groups is 1. The van der Waals surface area contributed by atoms with Crippen LogP contribution in [0.15, 0.2) is 53.5 Å². The predicted molar refractivity (Wildman–Crippen MR) is 133 cm³/mol. The van der Waals surface area contributed by atoms with Crippen LogP contribution in [0.4, 0.5) is 18.9 Å². The molecule has 6 nitrogen and oxygen atoms in total. The molecule has 2 aromatic carbocycles. The second-order valence-electron chi connectivity index (χ2n) is 7.64. The Balaban J connectivity index is 0.00000385. The van der Waals surface area contributed by atoms with E-state index in [0.29, 0.717) is 31.3 Å². The smallest absolute Gasteiger partial charge is 0.368 e. The molecule has 0 saturated carbocycles. The van der Waals surface area contributed by atoms with Crippen molar-refractivity contribution >= 4 is 41.5 Å². The van der Waals surface area contributed by atoms with Gasteiger partial charge in [-0.3, -0.25) is 9.79 Å². The number of anilines is 1. The van der Waals surface area contributed by atoms with Crippen LogP contribution in [0.3, 0.4) is 0 Å². The van der Waals surface area contributed by atoms with Gasteiger partial charge in [0.05, 0.1) is 5.56 Å². The van der Waals surface area contributed by atoms with Crippen molar-refractivity contribution in [1.29, 1.82) is 0 Å². The van der Waals surface area contributed by atoms with Crippen LogP contribution < -0.4 is 10.6 Å². The van der Waals surface area contributed by atoms with Crippen LogP contribution in [0.2, 0.25) is 0 Å². The molecule has 1 aliphatic heterocycles. The van der Waals surface area contributed by atoms with E-state index < -0.39 is 17.8 Å². The molecule has 2 N–H and O–H groups in total. The number of aliphatic imine (C=N–C) groups is 1. The Morgan fingerprint density at radius 2 is 1.91 bits per heavy atom. The average molecular weight is 576 g/mol. The molecular weight excluding hydrogens is 548 g/mol. The number of nitrogens with zero attached hydrogens (tertiary/aromatic N) is 2. The van der Waals surface area contributed by atoms with Crippen molar-refractivity contribution in [3.8, 4) is 0 Å². The van der Waals surface area contributed by atoms with Crippen molar-refractivity contribution in [2.75, 3.05) is 26.0 Å². The minimum Gasteiger partial charge on any atom is -0.368 e. The molecule has 1 fully saturated rings. The highest BCUT2D eigenvalue weighted by Gasteiger charge is 2.30. The molecule has 0 aliphatic carbocycles. The second kappa shape index (κ2) is 12.2. The highest BCUT2D eigenvalue weighted by molar-refractivity contribution is 14.0. The molecular formula is C23H28F3IN4O2. The summed E-state index contributed by atoms with van der Waals surface area (Å²) in [6.07, 6.45) is -3.12. The summed E-state index contributed by atoms with van der Waals surface area (Å²) in [5.41, 5.74) is 1.71. The summed E-state index contributed by atoms with van der Waals surface area (Å²) in [5, 5.41) is 6.12. The van der Waals surface area contributed by atoms with E-state index >= 15 is 0 Å². The first-order valence-electron chi connectivity index (χ1n) is 10.4. The SMILES string of the molecule is CN=C(NCc1cccc(NC(=O)C2CCCO2)c1)N(C)Cc1ccc(C(F)(F)F)cc1.I. The van der Waals surface area contributed by atoms with E-state index in [4.69, 9.17) is 4.74 Å². The van der Waals surface area contributed by atoms with Gasteiger partial charge < -0.3 is 20.3 Å². The Kier molecular flexibility index (Phi) is 9.96. The van der Waals surface area contributed by atoms with Crippen molar-refractivity contribution in [3.05, 3.63) is 65.2 Å². The van der Waals surface area contributed by atoms with Crippen LogP contribution in [0, 0.1) is 0 Å². The van der Waals surface area contributed by atoms with Gasteiger partial charge in [-0.1, -0.05) is 24.3 Å². The summed E-state index contributed by atoms with van der Waals surface area (Å²) in [5.74, 6) is 0.457. The number of alkyl halides is 3. The lowest BCUT2D eigenvalue weighted by Gasteiger charge is -2.22. The summed E-state index contributed by atoms with van der Waals surface area (Å²) in [6, 6.07) is 12.6. The number of hydrogen-bond acceptors (Lipinski definition) is 3. The van der Waals surface area contributed by atoms with Crippen LogP contribution in [0.1, 0.15) is 29.5 Å². The third-order valence-corrected chi connectivity index (χ3v) is 5.14. The number of guanidine groups is 1. The van der Waals surface area contributed by atoms with Crippen molar-refractivity contribution in [3.63, 3.8) is 0 Å². The molecule has 0 bridgehead atoms. The highest BCUT2D eigenvalue weighted by atomic mass is 127. The molecule has 10 heteroatoms. The summed E-state index contributed by atoms with van der Waals surface area (Å²) in [7, 11) is 3.45. The van der Waals surface area contributed by atoms with E-state index in [1.54, 1.807) is 7.05 Å². The Morgan fingerprint density at radius 1 is 1.18 bits per heavy atom. The molecule has 1 heterocycles. The summed E-state index contributed by atoms with van der Waals surface area (Å²) in [4.78, 5) is 18.3. The number of rotatable bonds is 6. The molecule has 0 spiro atoms. The van der Waals surface area contributed by atoms with Crippen LogP contribution in [-0.4, -0.2) is 43.6 Å². The average Bonchev–Trinajstić information content (AvgIpc) is 3.29. The van der Waals surface area contributed by atoms with Crippen LogP contribution in [0.5, 0.6) is 0 Å². The van der Waals surface area contributed by atoms with Crippen molar-refractivity contribution < 1.29 is 22.7 Å². The van der Waals surface area contributed by atoms with Gasteiger partial charge in [0, 0.05) is 39.5 Å². The summed E-state index contributed by atoms with van der Waals surface area (Å²) < 4.78 is 43.6. The predicted octanol–water partition coefficient (Wildman–Crippen LogP) is 4.65. The first-order valence-corrected chi connectivity index (χ1v) is 10.4. The third kappa shape index (κ3) is 7.88. The van der Waals surface area contributed by atoms with Gasteiger partial charge in [-0.25, -0.2) is 0 Å².